The van der Waals surface area contributed by atoms with Crippen LogP contribution in [-0.4, -0.2) is 17.1 Å². The highest BCUT2D eigenvalue weighted by Crippen LogP contribution is 2.17. The molecule has 2 aromatic rings. The van der Waals surface area contributed by atoms with Gasteiger partial charge in [-0.15, -0.1) is 11.8 Å². The van der Waals surface area contributed by atoms with Crippen LogP contribution in [0.15, 0.2) is 59.5 Å². The van der Waals surface area contributed by atoms with Crippen LogP contribution in [0.2, 0.25) is 0 Å². The fourth-order valence-corrected chi connectivity index (χ4v) is 2.18. The van der Waals surface area contributed by atoms with Crippen molar-refractivity contribution in [2.75, 3.05) is 11.6 Å². The summed E-state index contributed by atoms with van der Waals surface area (Å²) in [5, 5.41) is 13.3. The van der Waals surface area contributed by atoms with Gasteiger partial charge in [-0.3, -0.25) is 14.9 Å². The van der Waals surface area contributed by atoms with Gasteiger partial charge in [-0.1, -0.05) is 18.2 Å². The molecule has 1 amide bonds. The number of thioether (sulfide) groups is 1. The molecule has 0 aliphatic rings. The minimum absolute atomic E-state index is 0.0607. The van der Waals surface area contributed by atoms with E-state index in [0.29, 0.717) is 5.69 Å². The summed E-state index contributed by atoms with van der Waals surface area (Å²) in [6.07, 6.45) is 5.08. The number of nitro benzene ring substituents is 1. The Bertz CT molecular complexity index is 712. The van der Waals surface area contributed by atoms with Gasteiger partial charge < -0.3 is 5.32 Å². The van der Waals surface area contributed by atoms with Crippen LogP contribution in [0.1, 0.15) is 5.56 Å². The van der Waals surface area contributed by atoms with Gasteiger partial charge in [-0.05, 0) is 36.1 Å². The summed E-state index contributed by atoms with van der Waals surface area (Å²) in [6.45, 7) is 0. The van der Waals surface area contributed by atoms with Gasteiger partial charge in [0, 0.05) is 28.8 Å². The quantitative estimate of drug-likeness (QED) is 0.392. The molecule has 0 aliphatic carbocycles. The maximum Gasteiger partial charge on any atom is 0.271 e. The van der Waals surface area contributed by atoms with Crippen LogP contribution >= 0.6 is 11.8 Å². The standard InChI is InChI=1S/C16H14N2O3S/c1-22-15-8-5-12(6-9-15)7-10-16(19)17-13-3-2-4-14(11-13)18(20)21/h2-11H,1H3,(H,17,19). The van der Waals surface area contributed by atoms with E-state index in [2.05, 4.69) is 5.32 Å². The Balaban J connectivity index is 2.01. The average Bonchev–Trinajstić information content (AvgIpc) is 2.53. The maximum absolute atomic E-state index is 11.8. The molecule has 0 bridgehead atoms. The molecule has 112 valence electrons. The number of nitrogens with zero attached hydrogens (tertiary/aromatic N) is 1. The summed E-state index contributed by atoms with van der Waals surface area (Å²) < 4.78 is 0. The number of carbonyl (C=O) groups is 1. The number of amides is 1. The monoisotopic (exact) mass is 314 g/mol. The number of nitrogens with one attached hydrogen (secondary N) is 1. The van der Waals surface area contributed by atoms with Gasteiger partial charge in [0.1, 0.15) is 0 Å². The summed E-state index contributed by atoms with van der Waals surface area (Å²) in [7, 11) is 0. The second kappa shape index (κ2) is 7.42. The molecule has 0 atom stereocenters. The van der Waals surface area contributed by atoms with E-state index in [1.54, 1.807) is 23.9 Å². The minimum atomic E-state index is -0.501. The first kappa shape index (κ1) is 15.8. The third kappa shape index (κ3) is 4.46. The van der Waals surface area contributed by atoms with Crippen LogP contribution < -0.4 is 5.32 Å². The first-order valence-electron chi connectivity index (χ1n) is 6.46. The van der Waals surface area contributed by atoms with Gasteiger partial charge in [0.2, 0.25) is 5.91 Å². The number of non-ortho nitro benzene ring substituents is 1. The van der Waals surface area contributed by atoms with Crippen LogP contribution in [0.25, 0.3) is 6.08 Å². The van der Waals surface area contributed by atoms with Gasteiger partial charge >= 0.3 is 0 Å². The number of hydrogen-bond acceptors (Lipinski definition) is 4. The molecule has 0 unspecified atom stereocenters. The number of carbonyl (C=O) groups excluding carboxylic acids is 1. The van der Waals surface area contributed by atoms with Crippen molar-refractivity contribution in [1.82, 2.24) is 0 Å². The first-order valence-corrected chi connectivity index (χ1v) is 7.68. The molecule has 0 heterocycles. The Morgan fingerprint density at radius 1 is 1.23 bits per heavy atom. The Morgan fingerprint density at radius 2 is 1.95 bits per heavy atom. The average molecular weight is 314 g/mol. The van der Waals surface area contributed by atoms with Crippen LogP contribution in [-0.2, 0) is 4.79 Å². The van der Waals surface area contributed by atoms with Crippen molar-refractivity contribution < 1.29 is 9.72 Å². The molecule has 1 N–H and O–H groups in total. The van der Waals surface area contributed by atoms with Crippen molar-refractivity contribution in [3.05, 3.63) is 70.3 Å². The van der Waals surface area contributed by atoms with E-state index in [1.165, 1.54) is 24.3 Å². The lowest BCUT2D eigenvalue weighted by Crippen LogP contribution is -2.07. The topological polar surface area (TPSA) is 72.2 Å². The molecule has 22 heavy (non-hydrogen) atoms. The van der Waals surface area contributed by atoms with Gasteiger partial charge in [-0.2, -0.15) is 0 Å². The zero-order valence-electron chi connectivity index (χ0n) is 11.9. The lowest BCUT2D eigenvalue weighted by molar-refractivity contribution is -0.384. The molecule has 0 spiro atoms. The maximum atomic E-state index is 11.8. The van der Waals surface area contributed by atoms with Crippen LogP contribution in [0, 0.1) is 10.1 Å². The number of nitro groups is 1. The Hall–Kier alpha value is -2.60. The summed E-state index contributed by atoms with van der Waals surface area (Å²) in [5.74, 6) is -0.338. The zero-order valence-corrected chi connectivity index (χ0v) is 12.7. The normalized spacial score (nSPS) is 10.6. The molecule has 0 aliphatic heterocycles. The molecular weight excluding hydrogens is 300 g/mol. The van der Waals surface area contributed by atoms with Crippen molar-refractivity contribution in [2.45, 2.75) is 4.90 Å². The second-order valence-electron chi connectivity index (χ2n) is 4.40. The largest absolute Gasteiger partial charge is 0.322 e. The van der Waals surface area contributed by atoms with Crippen molar-refractivity contribution in [1.29, 1.82) is 0 Å². The van der Waals surface area contributed by atoms with E-state index < -0.39 is 4.92 Å². The van der Waals surface area contributed by atoms with Gasteiger partial charge in [0.15, 0.2) is 0 Å². The Labute approximate surface area is 132 Å². The predicted octanol–water partition coefficient (Wildman–Crippen LogP) is 3.97. The van der Waals surface area contributed by atoms with Crippen molar-refractivity contribution in [3.8, 4) is 0 Å². The highest BCUT2D eigenvalue weighted by atomic mass is 32.2. The van der Waals surface area contributed by atoms with Crippen LogP contribution in [0.4, 0.5) is 11.4 Å². The fourth-order valence-electron chi connectivity index (χ4n) is 1.77. The lowest BCUT2D eigenvalue weighted by atomic mass is 10.2. The number of anilines is 1. The smallest absolute Gasteiger partial charge is 0.271 e. The van der Waals surface area contributed by atoms with Crippen LogP contribution in [0.5, 0.6) is 0 Å². The fraction of sp³-hybridized carbons (Fsp3) is 0.0625. The zero-order chi connectivity index (χ0) is 15.9. The van der Waals surface area contributed by atoms with Crippen LogP contribution in [0.3, 0.4) is 0 Å². The van der Waals surface area contributed by atoms with E-state index in [0.717, 1.165) is 10.5 Å². The number of rotatable bonds is 5. The van der Waals surface area contributed by atoms with E-state index in [1.807, 2.05) is 30.5 Å². The van der Waals surface area contributed by atoms with Gasteiger partial charge in [0.25, 0.3) is 5.69 Å². The Morgan fingerprint density at radius 3 is 2.59 bits per heavy atom. The number of hydrogen-bond donors (Lipinski definition) is 1. The summed E-state index contributed by atoms with van der Waals surface area (Å²) in [4.78, 5) is 23.1. The molecular formula is C16H14N2O3S. The van der Waals surface area contributed by atoms with E-state index in [-0.39, 0.29) is 11.6 Å². The lowest BCUT2D eigenvalue weighted by Gasteiger charge is -2.01. The molecule has 0 saturated carbocycles. The highest BCUT2D eigenvalue weighted by Gasteiger charge is 2.06. The molecule has 0 fully saturated rings. The molecule has 2 rings (SSSR count). The summed E-state index contributed by atoms with van der Waals surface area (Å²) >= 11 is 1.65. The summed E-state index contributed by atoms with van der Waals surface area (Å²) in [6, 6.07) is 13.6. The third-order valence-electron chi connectivity index (χ3n) is 2.87. The highest BCUT2D eigenvalue weighted by molar-refractivity contribution is 7.98. The van der Waals surface area contributed by atoms with Crippen molar-refractivity contribution in [3.63, 3.8) is 0 Å². The predicted molar refractivity (Wildman–Crippen MR) is 89.0 cm³/mol. The SMILES string of the molecule is CSc1ccc(C=CC(=O)Nc2cccc([N+](=O)[O-])c2)cc1. The molecule has 0 radical (unpaired) electrons. The minimum Gasteiger partial charge on any atom is -0.322 e. The summed E-state index contributed by atoms with van der Waals surface area (Å²) in [5.41, 5.74) is 1.24. The second-order valence-corrected chi connectivity index (χ2v) is 5.28. The molecule has 5 nitrogen and oxygen atoms in total. The first-order chi connectivity index (χ1) is 10.6. The molecule has 0 saturated heterocycles. The number of benzene rings is 2. The molecule has 6 heteroatoms. The van der Waals surface area contributed by atoms with Gasteiger partial charge in [0.05, 0.1) is 4.92 Å². The van der Waals surface area contributed by atoms with Crippen molar-refractivity contribution >= 4 is 35.1 Å². The van der Waals surface area contributed by atoms with E-state index in [4.69, 9.17) is 0 Å². The van der Waals surface area contributed by atoms with Gasteiger partial charge in [-0.25, -0.2) is 0 Å². The van der Waals surface area contributed by atoms with E-state index >= 15 is 0 Å². The van der Waals surface area contributed by atoms with E-state index in [9.17, 15) is 14.9 Å². The molecule has 2 aromatic carbocycles. The van der Waals surface area contributed by atoms with Crippen molar-refractivity contribution in [2.24, 2.45) is 0 Å². The third-order valence-corrected chi connectivity index (χ3v) is 3.61. The molecule has 0 aromatic heterocycles. The Kier molecular flexibility index (Phi) is 5.32.